The average molecular weight is 860 g/mol. The van der Waals surface area contributed by atoms with Crippen molar-refractivity contribution in [1.82, 2.24) is 5.32 Å². The summed E-state index contributed by atoms with van der Waals surface area (Å²) in [6.07, 6.45) is 60.4. The highest BCUT2D eigenvalue weighted by atomic mass is 16.5. The maximum atomic E-state index is 12.4. The van der Waals surface area contributed by atoms with Crippen LogP contribution in [0.2, 0.25) is 0 Å². The van der Waals surface area contributed by atoms with E-state index in [0.29, 0.717) is 19.4 Å². The summed E-state index contributed by atoms with van der Waals surface area (Å²) in [6.45, 7) is 4.88. The first-order chi connectivity index (χ1) is 30.0. The number of nitrogens with one attached hydrogen (secondary N) is 1. The lowest BCUT2D eigenvalue weighted by atomic mass is 10.0. The lowest BCUT2D eigenvalue weighted by Crippen LogP contribution is -2.45. The Balaban J connectivity index is 3.48. The molecular weight excluding hydrogens is 755 g/mol. The van der Waals surface area contributed by atoms with Crippen molar-refractivity contribution in [3.8, 4) is 0 Å². The molecule has 0 heterocycles. The van der Waals surface area contributed by atoms with Gasteiger partial charge in [-0.05, 0) is 57.8 Å². The maximum Gasteiger partial charge on any atom is 0.305 e. The molecule has 0 aliphatic heterocycles. The number of esters is 1. The molecule has 61 heavy (non-hydrogen) atoms. The Morgan fingerprint density at radius 3 is 1.16 bits per heavy atom. The van der Waals surface area contributed by atoms with Crippen molar-refractivity contribution in [2.75, 3.05) is 13.2 Å². The number of carbonyl (C=O) groups excluding carboxylic acids is 2. The van der Waals surface area contributed by atoms with Crippen LogP contribution in [-0.4, -0.2) is 47.4 Å². The van der Waals surface area contributed by atoms with Crippen LogP contribution >= 0.6 is 0 Å². The predicted octanol–water partition coefficient (Wildman–Crippen LogP) is 16.3. The molecule has 0 rings (SSSR count). The van der Waals surface area contributed by atoms with E-state index in [1.54, 1.807) is 6.08 Å². The van der Waals surface area contributed by atoms with Crippen molar-refractivity contribution in [1.29, 1.82) is 0 Å². The molecule has 0 fully saturated rings. The van der Waals surface area contributed by atoms with E-state index in [4.69, 9.17) is 4.74 Å². The van der Waals surface area contributed by atoms with Crippen molar-refractivity contribution in [2.24, 2.45) is 0 Å². The summed E-state index contributed by atoms with van der Waals surface area (Å²) in [4.78, 5) is 24.5. The van der Waals surface area contributed by atoms with Gasteiger partial charge < -0.3 is 20.3 Å². The third kappa shape index (κ3) is 47.7. The molecule has 0 aromatic heterocycles. The van der Waals surface area contributed by atoms with Crippen molar-refractivity contribution in [3.05, 3.63) is 24.3 Å². The fourth-order valence-electron chi connectivity index (χ4n) is 8.27. The van der Waals surface area contributed by atoms with Gasteiger partial charge in [0.05, 0.1) is 25.4 Å². The maximum absolute atomic E-state index is 12.4. The molecule has 6 heteroatoms. The number of carbonyl (C=O) groups is 2. The van der Waals surface area contributed by atoms with Crippen LogP contribution in [0.3, 0.4) is 0 Å². The molecule has 6 nitrogen and oxygen atoms in total. The second kappa shape index (κ2) is 51.0. The molecule has 0 aliphatic carbocycles. The zero-order valence-electron chi connectivity index (χ0n) is 40.9. The second-order valence-corrected chi connectivity index (χ2v) is 18.6. The zero-order chi connectivity index (χ0) is 44.4. The molecule has 0 aromatic rings. The Labute approximate surface area is 380 Å². The van der Waals surface area contributed by atoms with E-state index in [1.165, 1.54) is 199 Å². The van der Waals surface area contributed by atoms with E-state index in [0.717, 1.165) is 64.2 Å². The van der Waals surface area contributed by atoms with Crippen molar-refractivity contribution in [2.45, 2.75) is 302 Å². The minimum atomic E-state index is -0.853. The van der Waals surface area contributed by atoms with E-state index in [-0.39, 0.29) is 18.5 Å². The molecule has 0 spiro atoms. The van der Waals surface area contributed by atoms with Crippen LogP contribution in [-0.2, 0) is 14.3 Å². The van der Waals surface area contributed by atoms with Crippen LogP contribution in [0.1, 0.15) is 290 Å². The number of rotatable bonds is 50. The topological polar surface area (TPSA) is 95.9 Å². The van der Waals surface area contributed by atoms with Crippen LogP contribution in [0.4, 0.5) is 0 Å². The van der Waals surface area contributed by atoms with Gasteiger partial charge in [0, 0.05) is 12.8 Å². The molecule has 0 saturated heterocycles. The molecule has 0 bridgehead atoms. The predicted molar refractivity (Wildman–Crippen MR) is 264 cm³/mol. The van der Waals surface area contributed by atoms with Gasteiger partial charge in [-0.1, -0.05) is 244 Å². The van der Waals surface area contributed by atoms with Gasteiger partial charge >= 0.3 is 5.97 Å². The highest BCUT2D eigenvalue weighted by Crippen LogP contribution is 2.16. The first-order valence-corrected chi connectivity index (χ1v) is 27.1. The Bertz CT molecular complexity index is 951. The molecule has 3 N–H and O–H groups in total. The summed E-state index contributed by atoms with van der Waals surface area (Å²) in [5.41, 5.74) is 0. The van der Waals surface area contributed by atoms with Crippen molar-refractivity contribution in [3.63, 3.8) is 0 Å². The Hall–Kier alpha value is -1.66. The number of hydrogen-bond acceptors (Lipinski definition) is 5. The number of ether oxygens (including phenoxy) is 1. The van der Waals surface area contributed by atoms with E-state index in [2.05, 4.69) is 31.3 Å². The van der Waals surface area contributed by atoms with Crippen LogP contribution in [0, 0.1) is 0 Å². The monoisotopic (exact) mass is 860 g/mol. The normalized spacial score (nSPS) is 12.8. The van der Waals surface area contributed by atoms with Gasteiger partial charge in [0.1, 0.15) is 0 Å². The molecule has 0 saturated carbocycles. The summed E-state index contributed by atoms with van der Waals surface area (Å²) >= 11 is 0. The van der Waals surface area contributed by atoms with Crippen LogP contribution in [0.5, 0.6) is 0 Å². The Kier molecular flexibility index (Phi) is 49.6. The number of hydrogen-bond donors (Lipinski definition) is 3. The Morgan fingerprint density at radius 2 is 0.770 bits per heavy atom. The fraction of sp³-hybridized carbons (Fsp3) is 0.891. The number of aliphatic hydroxyl groups excluding tert-OH is 2. The number of aliphatic hydroxyl groups is 2. The largest absolute Gasteiger partial charge is 0.466 e. The third-order valence-corrected chi connectivity index (χ3v) is 12.5. The number of allylic oxidation sites excluding steroid dienone is 3. The van der Waals surface area contributed by atoms with Gasteiger partial charge in [-0.3, -0.25) is 9.59 Å². The first-order valence-electron chi connectivity index (χ1n) is 27.1. The number of amides is 1. The summed E-state index contributed by atoms with van der Waals surface area (Å²) in [7, 11) is 0. The SMILES string of the molecule is CCCCCCCCCCCCC/C=C/C(O)C(CO)NC(=O)CCCCCCC/C=C\CCCCCCCCCOC(=O)CCCCCCCCCCCCCCCCC. The highest BCUT2D eigenvalue weighted by molar-refractivity contribution is 5.76. The molecular formula is C55H105NO5. The zero-order valence-corrected chi connectivity index (χ0v) is 40.9. The van der Waals surface area contributed by atoms with Crippen LogP contribution in [0.15, 0.2) is 24.3 Å². The van der Waals surface area contributed by atoms with Crippen molar-refractivity contribution >= 4 is 11.9 Å². The quantitative estimate of drug-likeness (QED) is 0.0322. The van der Waals surface area contributed by atoms with Crippen LogP contribution < -0.4 is 5.32 Å². The minimum absolute atomic E-state index is 0.00119. The van der Waals surface area contributed by atoms with E-state index >= 15 is 0 Å². The van der Waals surface area contributed by atoms with Gasteiger partial charge in [-0.15, -0.1) is 0 Å². The molecule has 0 radical (unpaired) electrons. The summed E-state index contributed by atoms with van der Waals surface area (Å²) in [6, 6.07) is -0.638. The standard InChI is InChI=1S/C55H105NO5/c1-3-5-7-9-11-13-15-17-20-25-29-33-37-41-45-49-55(60)61-50-46-42-38-34-30-26-22-19-18-21-24-28-32-36-40-44-48-54(59)56-52(51-57)53(58)47-43-39-35-31-27-23-16-14-12-10-8-6-4-2/h18,21,43,47,52-53,57-58H,3-17,19-20,22-42,44-46,48-51H2,1-2H3,(H,56,59)/b21-18-,47-43+. The van der Waals surface area contributed by atoms with Gasteiger partial charge in [0.15, 0.2) is 0 Å². The summed E-state index contributed by atoms with van der Waals surface area (Å²) < 4.78 is 5.47. The first kappa shape index (κ1) is 59.3. The van der Waals surface area contributed by atoms with E-state index < -0.39 is 12.1 Å². The highest BCUT2D eigenvalue weighted by Gasteiger charge is 2.18. The summed E-state index contributed by atoms with van der Waals surface area (Å²) in [5.74, 6) is -0.0863. The smallest absolute Gasteiger partial charge is 0.305 e. The molecule has 0 aromatic carbocycles. The van der Waals surface area contributed by atoms with E-state index in [9.17, 15) is 19.8 Å². The fourth-order valence-corrected chi connectivity index (χ4v) is 8.27. The van der Waals surface area contributed by atoms with Crippen molar-refractivity contribution < 1.29 is 24.5 Å². The average Bonchev–Trinajstić information content (AvgIpc) is 3.26. The molecule has 0 aliphatic rings. The second-order valence-electron chi connectivity index (χ2n) is 18.6. The lowest BCUT2D eigenvalue weighted by Gasteiger charge is -2.20. The molecule has 1 amide bonds. The van der Waals surface area contributed by atoms with E-state index in [1.807, 2.05) is 6.08 Å². The molecule has 360 valence electrons. The summed E-state index contributed by atoms with van der Waals surface area (Å²) in [5, 5.41) is 23.0. The molecule has 2 atom stereocenters. The number of unbranched alkanes of at least 4 members (excludes halogenated alkanes) is 37. The lowest BCUT2D eigenvalue weighted by molar-refractivity contribution is -0.143. The van der Waals surface area contributed by atoms with Gasteiger partial charge in [-0.2, -0.15) is 0 Å². The Morgan fingerprint density at radius 1 is 0.443 bits per heavy atom. The third-order valence-electron chi connectivity index (χ3n) is 12.5. The molecule has 2 unspecified atom stereocenters. The van der Waals surface area contributed by atoms with Crippen LogP contribution in [0.25, 0.3) is 0 Å². The van der Waals surface area contributed by atoms with Gasteiger partial charge in [-0.25, -0.2) is 0 Å². The van der Waals surface area contributed by atoms with Gasteiger partial charge in [0.25, 0.3) is 0 Å². The van der Waals surface area contributed by atoms with Gasteiger partial charge in [0.2, 0.25) is 5.91 Å². The minimum Gasteiger partial charge on any atom is -0.466 e.